The molecule has 0 aromatic heterocycles. The van der Waals surface area contributed by atoms with Gasteiger partial charge in [0.1, 0.15) is 0 Å². The molecule has 0 fully saturated rings. The van der Waals surface area contributed by atoms with Crippen molar-refractivity contribution in [2.45, 2.75) is 26.7 Å². The fraction of sp³-hybridized carbons (Fsp3) is 0.222. The van der Waals surface area contributed by atoms with Gasteiger partial charge in [0.15, 0.2) is 0 Å². The molecule has 6 heteroatoms. The first kappa shape index (κ1) is 17.3. The molecule has 0 bridgehead atoms. The van der Waals surface area contributed by atoms with Crippen LogP contribution in [0.5, 0.6) is 0 Å². The minimum absolute atomic E-state index is 0.130. The van der Waals surface area contributed by atoms with E-state index in [0.717, 1.165) is 18.4 Å². The van der Waals surface area contributed by atoms with Gasteiger partial charge in [0.2, 0.25) is 0 Å². The van der Waals surface area contributed by atoms with Crippen LogP contribution in [0.4, 0.5) is 5.69 Å². The molecular weight excluding hydrogens is 306 g/mol. The largest absolute Gasteiger partial charge is 0.271 e. The predicted octanol–water partition coefficient (Wildman–Crippen LogP) is 3.70. The van der Waals surface area contributed by atoms with Crippen LogP contribution in [0.3, 0.4) is 0 Å². The number of aryl methyl sites for hydroxylation is 1. The number of rotatable bonds is 6. The average Bonchev–Trinajstić information content (AvgIpc) is 2.60. The van der Waals surface area contributed by atoms with Gasteiger partial charge in [-0.3, -0.25) is 14.9 Å². The number of carbonyl (C=O) groups is 1. The summed E-state index contributed by atoms with van der Waals surface area (Å²) in [6.45, 7) is 3.92. The summed E-state index contributed by atoms with van der Waals surface area (Å²) in [6.07, 6.45) is 2.12. The van der Waals surface area contributed by atoms with E-state index in [-0.39, 0.29) is 11.3 Å². The van der Waals surface area contributed by atoms with Gasteiger partial charge in [-0.2, -0.15) is 5.10 Å². The van der Waals surface area contributed by atoms with Crippen molar-refractivity contribution >= 4 is 17.3 Å². The molecule has 6 nitrogen and oxygen atoms in total. The molecule has 0 spiro atoms. The molecule has 0 atom stereocenters. The molecule has 0 aliphatic carbocycles. The molecule has 1 amide bonds. The third kappa shape index (κ3) is 4.49. The number of amides is 1. The van der Waals surface area contributed by atoms with Crippen LogP contribution in [0.25, 0.3) is 0 Å². The Labute approximate surface area is 140 Å². The zero-order valence-electron chi connectivity index (χ0n) is 13.7. The number of hydrogen-bond donors (Lipinski definition) is 1. The van der Waals surface area contributed by atoms with Crippen molar-refractivity contribution in [1.82, 2.24) is 5.43 Å². The molecule has 0 aliphatic heterocycles. The zero-order chi connectivity index (χ0) is 17.5. The summed E-state index contributed by atoms with van der Waals surface area (Å²) in [5.41, 5.74) is 5.33. The smallest absolute Gasteiger partial charge is 0.267 e. The molecule has 0 aliphatic rings. The average molecular weight is 325 g/mol. The maximum absolute atomic E-state index is 12.1. The highest BCUT2D eigenvalue weighted by Gasteiger charge is 2.11. The van der Waals surface area contributed by atoms with Gasteiger partial charge < -0.3 is 0 Å². The Balaban J connectivity index is 2.07. The molecule has 0 saturated heterocycles. The summed E-state index contributed by atoms with van der Waals surface area (Å²) in [5.74, 6) is -0.486. The van der Waals surface area contributed by atoms with E-state index in [2.05, 4.69) is 17.5 Å². The third-order valence-corrected chi connectivity index (χ3v) is 3.55. The normalized spacial score (nSPS) is 11.2. The number of nitrogens with zero attached hydrogens (tertiary/aromatic N) is 2. The van der Waals surface area contributed by atoms with Crippen LogP contribution in [0.1, 0.15) is 41.8 Å². The lowest BCUT2D eigenvalue weighted by Crippen LogP contribution is -2.19. The number of nitro groups is 1. The highest BCUT2D eigenvalue weighted by Crippen LogP contribution is 2.13. The predicted molar refractivity (Wildman–Crippen MR) is 93.2 cm³/mol. The van der Waals surface area contributed by atoms with Gasteiger partial charge in [-0.05, 0) is 30.5 Å². The van der Waals surface area contributed by atoms with E-state index in [9.17, 15) is 14.9 Å². The van der Waals surface area contributed by atoms with Crippen molar-refractivity contribution in [3.05, 3.63) is 75.3 Å². The van der Waals surface area contributed by atoms with Crippen LogP contribution < -0.4 is 5.43 Å². The van der Waals surface area contributed by atoms with Crippen molar-refractivity contribution < 1.29 is 9.72 Å². The first-order valence-corrected chi connectivity index (χ1v) is 7.69. The van der Waals surface area contributed by atoms with E-state index in [4.69, 9.17) is 0 Å². The van der Waals surface area contributed by atoms with Gasteiger partial charge in [-0.25, -0.2) is 5.43 Å². The zero-order valence-corrected chi connectivity index (χ0v) is 13.7. The van der Waals surface area contributed by atoms with Crippen LogP contribution in [0.2, 0.25) is 0 Å². The van der Waals surface area contributed by atoms with E-state index in [1.54, 1.807) is 6.92 Å². The Morgan fingerprint density at radius 3 is 2.50 bits per heavy atom. The maximum Gasteiger partial charge on any atom is 0.271 e. The summed E-state index contributed by atoms with van der Waals surface area (Å²) < 4.78 is 0. The monoisotopic (exact) mass is 325 g/mol. The molecule has 0 saturated carbocycles. The van der Waals surface area contributed by atoms with Crippen molar-refractivity contribution in [2.24, 2.45) is 5.10 Å². The summed E-state index contributed by atoms with van der Waals surface area (Å²) >= 11 is 0. The summed E-state index contributed by atoms with van der Waals surface area (Å²) in [5, 5.41) is 14.8. The third-order valence-electron chi connectivity index (χ3n) is 3.55. The lowest BCUT2D eigenvalue weighted by atomic mass is 10.1. The summed E-state index contributed by atoms with van der Waals surface area (Å²) in [6, 6.07) is 13.5. The van der Waals surface area contributed by atoms with Crippen molar-refractivity contribution in [2.75, 3.05) is 0 Å². The molecule has 0 heterocycles. The van der Waals surface area contributed by atoms with Gasteiger partial charge in [0, 0.05) is 17.7 Å². The fourth-order valence-electron chi connectivity index (χ4n) is 2.23. The van der Waals surface area contributed by atoms with Crippen molar-refractivity contribution in [3.63, 3.8) is 0 Å². The number of nitrogens with one attached hydrogen (secondary N) is 1. The van der Waals surface area contributed by atoms with E-state index in [1.165, 1.54) is 29.8 Å². The second-order valence-corrected chi connectivity index (χ2v) is 5.39. The molecule has 2 aromatic rings. The van der Waals surface area contributed by atoms with Crippen molar-refractivity contribution in [1.29, 1.82) is 0 Å². The Kier molecular flexibility index (Phi) is 5.78. The van der Waals surface area contributed by atoms with E-state index >= 15 is 0 Å². The molecule has 124 valence electrons. The van der Waals surface area contributed by atoms with E-state index < -0.39 is 10.8 Å². The quantitative estimate of drug-likeness (QED) is 0.499. The highest BCUT2D eigenvalue weighted by molar-refractivity contribution is 6.01. The fourth-order valence-corrected chi connectivity index (χ4v) is 2.23. The molecule has 24 heavy (non-hydrogen) atoms. The number of hydrogen-bond acceptors (Lipinski definition) is 4. The Morgan fingerprint density at radius 1 is 1.17 bits per heavy atom. The number of hydrazone groups is 1. The van der Waals surface area contributed by atoms with Gasteiger partial charge in [0.25, 0.3) is 11.6 Å². The molecule has 1 N–H and O–H groups in total. The number of carbonyl (C=O) groups excluding carboxylic acids is 1. The van der Waals surface area contributed by atoms with Crippen molar-refractivity contribution in [3.8, 4) is 0 Å². The van der Waals surface area contributed by atoms with E-state index in [0.29, 0.717) is 5.71 Å². The lowest BCUT2D eigenvalue weighted by Gasteiger charge is -2.04. The number of nitro benzene ring substituents is 1. The standard InChI is InChI=1S/C18H19N3O3/c1-3-5-14-8-10-15(11-9-14)13(2)19-20-18(22)16-6-4-7-17(12-16)21(23)24/h4,6-12H,3,5H2,1-2H3,(H,20,22)/b19-13-. The topological polar surface area (TPSA) is 84.6 Å². The van der Waals surface area contributed by atoms with Crippen LogP contribution in [-0.2, 0) is 6.42 Å². The number of benzene rings is 2. The minimum Gasteiger partial charge on any atom is -0.267 e. The Hall–Kier alpha value is -3.02. The molecule has 0 radical (unpaired) electrons. The maximum atomic E-state index is 12.1. The Bertz CT molecular complexity index is 767. The van der Waals surface area contributed by atoms with Crippen LogP contribution in [0.15, 0.2) is 53.6 Å². The molecular formula is C18H19N3O3. The first-order chi connectivity index (χ1) is 11.5. The van der Waals surface area contributed by atoms with E-state index in [1.807, 2.05) is 24.3 Å². The van der Waals surface area contributed by atoms with Gasteiger partial charge in [0.05, 0.1) is 10.6 Å². The van der Waals surface area contributed by atoms with Crippen LogP contribution in [0, 0.1) is 10.1 Å². The summed E-state index contributed by atoms with van der Waals surface area (Å²) in [4.78, 5) is 22.3. The van der Waals surface area contributed by atoms with Crippen LogP contribution >= 0.6 is 0 Å². The summed E-state index contributed by atoms with van der Waals surface area (Å²) in [7, 11) is 0. The second-order valence-electron chi connectivity index (χ2n) is 5.39. The molecule has 2 rings (SSSR count). The Morgan fingerprint density at radius 2 is 1.88 bits per heavy atom. The lowest BCUT2D eigenvalue weighted by molar-refractivity contribution is -0.384. The first-order valence-electron chi connectivity index (χ1n) is 7.69. The number of non-ortho nitro benzene ring substituents is 1. The highest BCUT2D eigenvalue weighted by atomic mass is 16.6. The molecule has 2 aromatic carbocycles. The minimum atomic E-state index is -0.539. The van der Waals surface area contributed by atoms with Gasteiger partial charge >= 0.3 is 0 Å². The second kappa shape index (κ2) is 8.01. The van der Waals surface area contributed by atoms with Gasteiger partial charge in [-0.1, -0.05) is 43.7 Å². The molecule has 0 unspecified atom stereocenters. The van der Waals surface area contributed by atoms with Gasteiger partial charge in [-0.15, -0.1) is 0 Å². The van der Waals surface area contributed by atoms with Crippen LogP contribution in [-0.4, -0.2) is 16.5 Å². The SMILES string of the molecule is CCCc1ccc(/C(C)=N\NC(=O)c2cccc([N+](=O)[O-])c2)cc1.